The number of hydrogen-bond acceptors (Lipinski definition) is 3. The summed E-state index contributed by atoms with van der Waals surface area (Å²) in [5.74, 6) is 1.76. The lowest BCUT2D eigenvalue weighted by Crippen LogP contribution is -2.04. The molecule has 6 heteroatoms. The van der Waals surface area contributed by atoms with E-state index in [1.54, 1.807) is 0 Å². The third-order valence-electron chi connectivity index (χ3n) is 9.63. The van der Waals surface area contributed by atoms with Gasteiger partial charge < -0.3 is 9.13 Å². The molecule has 5 nitrogen and oxygen atoms in total. The summed E-state index contributed by atoms with van der Waals surface area (Å²) in [6.45, 7) is 0. The molecule has 0 N–H and O–H groups in total. The van der Waals surface area contributed by atoms with E-state index in [1.807, 2.05) is 60.7 Å². The minimum absolute atomic E-state index is 0.559. The molecule has 10 aromatic rings. The summed E-state index contributed by atoms with van der Waals surface area (Å²) in [6, 6.07) is 58.3. The average Bonchev–Trinajstić information content (AvgIpc) is 3.72. The molecule has 0 bridgehead atoms. The third-order valence-corrected chi connectivity index (χ3v) is 10.0. The Morgan fingerprint density at radius 1 is 0.333 bits per heavy atom. The van der Waals surface area contributed by atoms with Crippen molar-refractivity contribution < 1.29 is 0 Å². The molecule has 0 saturated heterocycles. The zero-order valence-electron chi connectivity index (χ0n) is 27.3. The van der Waals surface area contributed by atoms with Crippen molar-refractivity contribution in [1.29, 1.82) is 0 Å². The second-order valence-corrected chi connectivity index (χ2v) is 13.0. The molecule has 0 amide bonds. The average molecular weight is 674 g/mol. The van der Waals surface area contributed by atoms with Crippen LogP contribution in [0, 0.1) is 0 Å². The van der Waals surface area contributed by atoms with Gasteiger partial charge in [0.15, 0.2) is 17.5 Å². The smallest absolute Gasteiger partial charge is 0.164 e. The van der Waals surface area contributed by atoms with E-state index in [0.29, 0.717) is 22.5 Å². The van der Waals surface area contributed by atoms with Crippen molar-refractivity contribution >= 4 is 55.2 Å². The highest BCUT2D eigenvalue weighted by molar-refractivity contribution is 6.35. The fourth-order valence-corrected chi connectivity index (χ4v) is 7.63. The Labute approximate surface area is 298 Å². The number of nitrogens with zero attached hydrogens (tertiary/aromatic N) is 5. The Hall–Kier alpha value is -6.56. The van der Waals surface area contributed by atoms with E-state index in [-0.39, 0.29) is 0 Å². The predicted octanol–water partition coefficient (Wildman–Crippen LogP) is 11.7. The highest BCUT2D eigenvalue weighted by Crippen LogP contribution is 2.42. The van der Waals surface area contributed by atoms with E-state index in [0.717, 1.165) is 71.7 Å². The molecule has 3 heterocycles. The maximum atomic E-state index is 7.71. The first-order valence-electron chi connectivity index (χ1n) is 16.9. The highest BCUT2D eigenvalue weighted by atomic mass is 35.5. The van der Waals surface area contributed by atoms with Gasteiger partial charge in [0.05, 0.1) is 38.5 Å². The van der Waals surface area contributed by atoms with Gasteiger partial charge >= 0.3 is 0 Å². The molecule has 0 radical (unpaired) electrons. The minimum Gasteiger partial charge on any atom is -0.308 e. The molecular formula is C45H28ClN5. The fraction of sp³-hybridized carbons (Fsp3) is 0. The summed E-state index contributed by atoms with van der Waals surface area (Å²) >= 11 is 7.71. The van der Waals surface area contributed by atoms with Crippen molar-refractivity contribution in [3.63, 3.8) is 0 Å². The maximum absolute atomic E-state index is 7.71. The summed E-state index contributed by atoms with van der Waals surface area (Å²) in [5.41, 5.74) is 8.60. The largest absolute Gasteiger partial charge is 0.308 e. The summed E-state index contributed by atoms with van der Waals surface area (Å²) in [6.07, 6.45) is 0. The van der Waals surface area contributed by atoms with Gasteiger partial charge in [-0.15, -0.1) is 0 Å². The lowest BCUT2D eigenvalue weighted by Gasteiger charge is -2.18. The lowest BCUT2D eigenvalue weighted by molar-refractivity contribution is 1.07. The first kappa shape index (κ1) is 29.4. The van der Waals surface area contributed by atoms with Crippen LogP contribution in [-0.2, 0) is 0 Å². The monoisotopic (exact) mass is 673 g/mol. The van der Waals surface area contributed by atoms with Crippen molar-refractivity contribution in [3.8, 4) is 45.5 Å². The number of hydrogen-bond donors (Lipinski definition) is 0. The van der Waals surface area contributed by atoms with Crippen LogP contribution >= 0.6 is 11.6 Å². The molecule has 7 aromatic carbocycles. The summed E-state index contributed by atoms with van der Waals surface area (Å²) < 4.78 is 4.54. The molecule has 0 aliphatic rings. The molecule has 51 heavy (non-hydrogen) atoms. The number of halogens is 1. The van der Waals surface area contributed by atoms with Crippen LogP contribution < -0.4 is 0 Å². The molecule has 10 rings (SSSR count). The van der Waals surface area contributed by atoms with E-state index >= 15 is 0 Å². The highest BCUT2D eigenvalue weighted by Gasteiger charge is 2.23. The van der Waals surface area contributed by atoms with Gasteiger partial charge in [-0.05, 0) is 36.4 Å². The molecule has 0 atom stereocenters. The van der Waals surface area contributed by atoms with Gasteiger partial charge in [-0.1, -0.05) is 145 Å². The van der Waals surface area contributed by atoms with Gasteiger partial charge in [-0.3, -0.25) is 0 Å². The van der Waals surface area contributed by atoms with Crippen LogP contribution in [0.15, 0.2) is 170 Å². The zero-order chi connectivity index (χ0) is 33.9. The maximum Gasteiger partial charge on any atom is 0.164 e. The van der Waals surface area contributed by atoms with Crippen LogP contribution in [0.5, 0.6) is 0 Å². The Morgan fingerprint density at radius 3 is 0.980 bits per heavy atom. The van der Waals surface area contributed by atoms with Crippen molar-refractivity contribution in [2.75, 3.05) is 0 Å². The van der Waals surface area contributed by atoms with Crippen molar-refractivity contribution in [1.82, 2.24) is 24.1 Å². The molecule has 0 unspecified atom stereocenters. The van der Waals surface area contributed by atoms with Crippen LogP contribution in [0.25, 0.3) is 89.2 Å². The van der Waals surface area contributed by atoms with Crippen LogP contribution in [0.4, 0.5) is 0 Å². The van der Waals surface area contributed by atoms with Crippen LogP contribution in [0.3, 0.4) is 0 Å². The van der Waals surface area contributed by atoms with Crippen LogP contribution in [0.1, 0.15) is 0 Å². The van der Waals surface area contributed by atoms with E-state index in [2.05, 4.69) is 118 Å². The number of aromatic nitrogens is 5. The Bertz CT molecular complexity index is 2630. The molecule has 0 aliphatic heterocycles. The number of fused-ring (bicyclic) bond motifs is 6. The van der Waals surface area contributed by atoms with Crippen LogP contribution in [0.2, 0.25) is 5.02 Å². The first-order chi connectivity index (χ1) is 25.2. The van der Waals surface area contributed by atoms with E-state index < -0.39 is 0 Å². The lowest BCUT2D eigenvalue weighted by atomic mass is 10.1. The predicted molar refractivity (Wildman–Crippen MR) is 210 cm³/mol. The SMILES string of the molecule is Clc1c(-n2c3ccccc3c3ccccc32)cc(-c2nc(-c3ccccc3)nc(-c3ccccc3)n2)cc1-n1c2ccccc2c2ccccc21. The minimum atomic E-state index is 0.559. The van der Waals surface area contributed by atoms with Crippen LogP contribution in [-0.4, -0.2) is 24.1 Å². The zero-order valence-corrected chi connectivity index (χ0v) is 28.0. The molecule has 240 valence electrons. The molecule has 0 fully saturated rings. The van der Waals surface area contributed by atoms with Gasteiger partial charge in [0, 0.05) is 38.2 Å². The summed E-state index contributed by atoms with van der Waals surface area (Å²) in [4.78, 5) is 15.2. The van der Waals surface area contributed by atoms with Gasteiger partial charge in [0.2, 0.25) is 0 Å². The van der Waals surface area contributed by atoms with Gasteiger partial charge in [0.1, 0.15) is 0 Å². The number of para-hydroxylation sites is 4. The number of rotatable bonds is 5. The van der Waals surface area contributed by atoms with E-state index in [9.17, 15) is 0 Å². The fourth-order valence-electron chi connectivity index (χ4n) is 7.35. The second kappa shape index (κ2) is 11.8. The quantitative estimate of drug-likeness (QED) is 0.183. The molecular weight excluding hydrogens is 646 g/mol. The second-order valence-electron chi connectivity index (χ2n) is 12.6. The van der Waals surface area contributed by atoms with E-state index in [4.69, 9.17) is 26.6 Å². The number of benzene rings is 7. The Kier molecular flexibility index (Phi) is 6.79. The Morgan fingerprint density at radius 2 is 0.627 bits per heavy atom. The van der Waals surface area contributed by atoms with Crippen molar-refractivity contribution in [3.05, 3.63) is 175 Å². The third kappa shape index (κ3) is 4.74. The molecule has 0 aliphatic carbocycles. The van der Waals surface area contributed by atoms with Gasteiger partial charge in [-0.2, -0.15) is 0 Å². The summed E-state index contributed by atoms with van der Waals surface area (Å²) in [5, 5.41) is 5.26. The first-order valence-corrected chi connectivity index (χ1v) is 17.3. The van der Waals surface area contributed by atoms with E-state index in [1.165, 1.54) is 0 Å². The molecule has 3 aromatic heterocycles. The van der Waals surface area contributed by atoms with Crippen molar-refractivity contribution in [2.45, 2.75) is 0 Å². The standard InChI is InChI=1S/C45H28ClN5/c46-42-40(50-36-23-11-7-19-32(36)33-20-8-12-24-37(33)50)27-31(28-41(42)51-38-25-13-9-21-34(38)35-22-10-14-26-39(35)51)45-48-43(29-15-3-1-4-16-29)47-44(49-45)30-17-5-2-6-18-30/h1-28H. The Balaban J connectivity index is 1.34. The van der Waals surface area contributed by atoms with Gasteiger partial charge in [-0.25, -0.2) is 15.0 Å². The van der Waals surface area contributed by atoms with Crippen molar-refractivity contribution in [2.24, 2.45) is 0 Å². The molecule has 0 spiro atoms. The molecule has 0 saturated carbocycles. The van der Waals surface area contributed by atoms with Gasteiger partial charge in [0.25, 0.3) is 0 Å². The normalized spacial score (nSPS) is 11.6. The topological polar surface area (TPSA) is 48.5 Å². The summed E-state index contributed by atoms with van der Waals surface area (Å²) in [7, 11) is 0.